The van der Waals surface area contributed by atoms with E-state index in [0.717, 1.165) is 41.2 Å². The molecule has 124 valence electrons. The van der Waals surface area contributed by atoms with Gasteiger partial charge < -0.3 is 14.8 Å². The molecule has 0 saturated heterocycles. The van der Waals surface area contributed by atoms with Gasteiger partial charge in [0.25, 0.3) is 0 Å². The topological polar surface area (TPSA) is 45.5 Å². The summed E-state index contributed by atoms with van der Waals surface area (Å²) in [7, 11) is 4.02. The smallest absolute Gasteiger partial charge is 0.194 e. The number of guanidine groups is 1. The maximum absolute atomic E-state index is 6.05. The predicted molar refractivity (Wildman–Crippen MR) is 95.7 cm³/mol. The third-order valence-corrected chi connectivity index (χ3v) is 3.71. The Bertz CT molecular complexity index is 677. The minimum atomic E-state index is 0.558. The molecule has 2 aromatic rings. The fraction of sp³-hybridized carbons (Fsp3) is 0.412. The van der Waals surface area contributed by atoms with Crippen LogP contribution >= 0.6 is 11.6 Å². The van der Waals surface area contributed by atoms with Gasteiger partial charge in [0.05, 0.1) is 23.8 Å². The van der Waals surface area contributed by atoms with E-state index in [1.807, 2.05) is 56.0 Å². The number of hydrogen-bond donors (Lipinski definition) is 1. The zero-order valence-corrected chi connectivity index (χ0v) is 14.9. The molecule has 23 heavy (non-hydrogen) atoms. The molecule has 0 aromatic carbocycles. The number of rotatable bonds is 5. The Morgan fingerprint density at radius 2 is 2.22 bits per heavy atom. The quantitative estimate of drug-likeness (QED) is 0.676. The van der Waals surface area contributed by atoms with Crippen LogP contribution in [0.25, 0.3) is 0 Å². The monoisotopic (exact) mass is 333 g/mol. The number of aryl methyl sites for hydroxylation is 2. The fourth-order valence-electron chi connectivity index (χ4n) is 2.35. The summed E-state index contributed by atoms with van der Waals surface area (Å²) >= 11 is 6.05. The highest BCUT2D eigenvalue weighted by molar-refractivity contribution is 6.30. The molecule has 5 nitrogen and oxygen atoms in total. The first kappa shape index (κ1) is 17.3. The first-order chi connectivity index (χ1) is 11.0. The third kappa shape index (κ3) is 4.99. The van der Waals surface area contributed by atoms with Crippen molar-refractivity contribution in [2.45, 2.75) is 26.9 Å². The average Bonchev–Trinajstić information content (AvgIpc) is 2.81. The van der Waals surface area contributed by atoms with Crippen LogP contribution in [0.5, 0.6) is 0 Å². The second-order valence-electron chi connectivity index (χ2n) is 5.56. The maximum atomic E-state index is 6.05. The molecule has 0 aliphatic rings. The SMILES string of the molecule is CCNC(=NCc1cccc(C)n1)N(C)Cc1cc(Cl)cn1C. The van der Waals surface area contributed by atoms with Gasteiger partial charge in [-0.25, -0.2) is 4.99 Å². The Morgan fingerprint density at radius 1 is 1.43 bits per heavy atom. The van der Waals surface area contributed by atoms with Crippen molar-refractivity contribution < 1.29 is 0 Å². The molecule has 0 aliphatic carbocycles. The Labute approximate surface area is 143 Å². The largest absolute Gasteiger partial charge is 0.357 e. The van der Waals surface area contributed by atoms with Crippen LogP contribution < -0.4 is 5.32 Å². The molecule has 0 radical (unpaired) electrons. The van der Waals surface area contributed by atoms with Gasteiger partial charge in [-0.2, -0.15) is 0 Å². The summed E-state index contributed by atoms with van der Waals surface area (Å²) in [4.78, 5) is 11.3. The van der Waals surface area contributed by atoms with Crippen molar-refractivity contribution in [3.05, 3.63) is 52.6 Å². The van der Waals surface area contributed by atoms with E-state index in [1.165, 1.54) is 0 Å². The van der Waals surface area contributed by atoms with E-state index in [2.05, 4.69) is 27.1 Å². The molecular formula is C17H24ClN5. The second-order valence-corrected chi connectivity index (χ2v) is 5.99. The van der Waals surface area contributed by atoms with Gasteiger partial charge in [-0.3, -0.25) is 4.98 Å². The lowest BCUT2D eigenvalue weighted by molar-refractivity contribution is 0.461. The molecule has 0 amide bonds. The highest BCUT2D eigenvalue weighted by Crippen LogP contribution is 2.14. The van der Waals surface area contributed by atoms with E-state index < -0.39 is 0 Å². The van der Waals surface area contributed by atoms with Crippen LogP contribution in [0.3, 0.4) is 0 Å². The molecule has 2 heterocycles. The number of aliphatic imine (C=N–C) groups is 1. The summed E-state index contributed by atoms with van der Waals surface area (Å²) in [6.45, 7) is 6.16. The zero-order valence-electron chi connectivity index (χ0n) is 14.2. The Hall–Kier alpha value is -2.01. The number of halogens is 1. The number of nitrogens with one attached hydrogen (secondary N) is 1. The lowest BCUT2D eigenvalue weighted by atomic mass is 10.3. The van der Waals surface area contributed by atoms with Crippen LogP contribution in [0.2, 0.25) is 5.02 Å². The van der Waals surface area contributed by atoms with Gasteiger partial charge in [-0.05, 0) is 32.0 Å². The molecule has 2 aromatic heterocycles. The Balaban J connectivity index is 2.09. The van der Waals surface area contributed by atoms with Gasteiger partial charge in [0.1, 0.15) is 0 Å². The van der Waals surface area contributed by atoms with Crippen LogP contribution in [0.1, 0.15) is 24.0 Å². The number of pyridine rings is 1. The summed E-state index contributed by atoms with van der Waals surface area (Å²) in [6.07, 6.45) is 1.91. The van der Waals surface area contributed by atoms with Crippen molar-refractivity contribution in [1.29, 1.82) is 0 Å². The predicted octanol–water partition coefficient (Wildman–Crippen LogP) is 2.98. The molecule has 0 bridgehead atoms. The zero-order chi connectivity index (χ0) is 16.8. The molecule has 0 atom stereocenters. The van der Waals surface area contributed by atoms with Crippen molar-refractivity contribution in [2.24, 2.45) is 12.0 Å². The second kappa shape index (κ2) is 8.02. The Kier molecular flexibility index (Phi) is 6.04. The molecule has 1 N–H and O–H groups in total. The summed E-state index contributed by atoms with van der Waals surface area (Å²) in [5.41, 5.74) is 3.11. The van der Waals surface area contributed by atoms with E-state index in [-0.39, 0.29) is 0 Å². The van der Waals surface area contributed by atoms with Gasteiger partial charge in [0.15, 0.2) is 5.96 Å². The summed E-state index contributed by atoms with van der Waals surface area (Å²) in [5, 5.41) is 4.07. The average molecular weight is 334 g/mol. The van der Waals surface area contributed by atoms with Crippen LogP contribution in [0.4, 0.5) is 0 Å². The van der Waals surface area contributed by atoms with Crippen molar-refractivity contribution in [1.82, 2.24) is 19.8 Å². The highest BCUT2D eigenvalue weighted by Gasteiger charge is 2.09. The van der Waals surface area contributed by atoms with Crippen LogP contribution in [-0.4, -0.2) is 34.0 Å². The molecule has 2 rings (SSSR count). The van der Waals surface area contributed by atoms with Crippen LogP contribution in [0, 0.1) is 6.92 Å². The summed E-state index contributed by atoms with van der Waals surface area (Å²) < 4.78 is 2.03. The molecular weight excluding hydrogens is 310 g/mol. The first-order valence-electron chi connectivity index (χ1n) is 7.72. The first-order valence-corrected chi connectivity index (χ1v) is 8.10. The van der Waals surface area contributed by atoms with Gasteiger partial charge in [0.2, 0.25) is 0 Å². The maximum Gasteiger partial charge on any atom is 0.194 e. The Morgan fingerprint density at radius 3 is 2.83 bits per heavy atom. The highest BCUT2D eigenvalue weighted by atomic mass is 35.5. The minimum Gasteiger partial charge on any atom is -0.357 e. The van der Waals surface area contributed by atoms with Crippen LogP contribution in [-0.2, 0) is 20.1 Å². The van der Waals surface area contributed by atoms with Gasteiger partial charge in [-0.15, -0.1) is 0 Å². The molecule has 0 fully saturated rings. The van der Waals surface area contributed by atoms with Crippen molar-refractivity contribution >= 4 is 17.6 Å². The normalized spacial score (nSPS) is 11.6. The van der Waals surface area contributed by atoms with E-state index in [9.17, 15) is 0 Å². The summed E-state index contributed by atoms with van der Waals surface area (Å²) in [6, 6.07) is 7.97. The van der Waals surface area contributed by atoms with Crippen molar-refractivity contribution in [3.63, 3.8) is 0 Å². The minimum absolute atomic E-state index is 0.558. The fourth-order valence-corrected chi connectivity index (χ4v) is 2.63. The van der Waals surface area contributed by atoms with Gasteiger partial charge >= 0.3 is 0 Å². The summed E-state index contributed by atoms with van der Waals surface area (Å²) in [5.74, 6) is 0.855. The standard InChI is InChI=1S/C17H24ClN5/c1-5-19-17(20-10-15-8-6-7-13(2)21-15)23(4)12-16-9-14(18)11-22(16)3/h6-9,11H,5,10,12H2,1-4H3,(H,19,20). The van der Waals surface area contributed by atoms with Gasteiger partial charge in [-0.1, -0.05) is 17.7 Å². The molecule has 0 saturated carbocycles. The lowest BCUT2D eigenvalue weighted by Crippen LogP contribution is -2.38. The van der Waals surface area contributed by atoms with E-state index in [1.54, 1.807) is 0 Å². The molecule has 0 spiro atoms. The molecule has 6 heteroatoms. The third-order valence-electron chi connectivity index (χ3n) is 3.51. The van der Waals surface area contributed by atoms with Gasteiger partial charge in [0, 0.05) is 38.2 Å². The van der Waals surface area contributed by atoms with E-state index in [0.29, 0.717) is 6.54 Å². The molecule has 0 aliphatic heterocycles. The van der Waals surface area contributed by atoms with Crippen molar-refractivity contribution in [3.8, 4) is 0 Å². The van der Waals surface area contributed by atoms with E-state index in [4.69, 9.17) is 11.6 Å². The molecule has 0 unspecified atom stereocenters. The lowest BCUT2D eigenvalue weighted by Gasteiger charge is -2.22. The number of nitrogens with zero attached hydrogens (tertiary/aromatic N) is 4. The van der Waals surface area contributed by atoms with Crippen molar-refractivity contribution in [2.75, 3.05) is 13.6 Å². The van der Waals surface area contributed by atoms with E-state index >= 15 is 0 Å². The number of hydrogen-bond acceptors (Lipinski definition) is 2. The van der Waals surface area contributed by atoms with Crippen LogP contribution in [0.15, 0.2) is 35.5 Å². The number of aromatic nitrogens is 2.